The van der Waals surface area contributed by atoms with Gasteiger partial charge in [-0.2, -0.15) is 0 Å². The summed E-state index contributed by atoms with van der Waals surface area (Å²) in [6.45, 7) is 3.37. The topological polar surface area (TPSA) is 37.3 Å². The Morgan fingerprint density at radius 3 is 2.63 bits per heavy atom. The predicted octanol–water partition coefficient (Wildman–Crippen LogP) is 4.08. The Labute approximate surface area is 164 Å². The van der Waals surface area contributed by atoms with E-state index in [4.69, 9.17) is 11.6 Å². The lowest BCUT2D eigenvalue weighted by Gasteiger charge is -2.32. The second kappa shape index (κ2) is 8.15. The summed E-state index contributed by atoms with van der Waals surface area (Å²) in [4.78, 5) is 14.9. The van der Waals surface area contributed by atoms with Crippen LogP contribution in [0.2, 0.25) is 5.02 Å². The number of nitrogens with one attached hydrogen (secondary N) is 1. The first-order valence-corrected chi connectivity index (χ1v) is 9.85. The molecule has 1 fully saturated rings. The van der Waals surface area contributed by atoms with Crippen LogP contribution >= 0.6 is 11.6 Å². The van der Waals surface area contributed by atoms with E-state index in [0.717, 1.165) is 43.4 Å². The number of nitrogens with zero attached hydrogens (tertiary/aromatic N) is 2. The second-order valence-corrected chi connectivity index (χ2v) is 7.69. The van der Waals surface area contributed by atoms with Gasteiger partial charge in [0.2, 0.25) is 5.91 Å². The molecule has 0 aliphatic carbocycles. The van der Waals surface area contributed by atoms with E-state index >= 15 is 0 Å². The highest BCUT2D eigenvalue weighted by atomic mass is 35.5. The van der Waals surface area contributed by atoms with Crippen molar-refractivity contribution in [3.63, 3.8) is 0 Å². The lowest BCUT2D eigenvalue weighted by atomic mass is 10.0. The molecule has 0 bridgehead atoms. The van der Waals surface area contributed by atoms with Gasteiger partial charge >= 0.3 is 0 Å². The van der Waals surface area contributed by atoms with Crippen molar-refractivity contribution in [2.75, 3.05) is 13.1 Å². The fraction of sp³-hybridized carbons (Fsp3) is 0.318. The molecule has 2 aromatic carbocycles. The van der Waals surface area contributed by atoms with Gasteiger partial charge in [0.15, 0.2) is 0 Å². The van der Waals surface area contributed by atoms with Crippen molar-refractivity contribution in [2.24, 2.45) is 0 Å². The van der Waals surface area contributed by atoms with Gasteiger partial charge in [0, 0.05) is 47.8 Å². The molecule has 2 heterocycles. The maximum atomic E-state index is 12.5. The van der Waals surface area contributed by atoms with Crippen molar-refractivity contribution >= 4 is 28.4 Å². The summed E-state index contributed by atoms with van der Waals surface area (Å²) >= 11 is 6.03. The summed E-state index contributed by atoms with van der Waals surface area (Å²) < 4.78 is 1.98. The summed E-state index contributed by atoms with van der Waals surface area (Å²) in [5.74, 6) is 0.0731. The zero-order chi connectivity index (χ0) is 18.6. The van der Waals surface area contributed by atoms with Crippen LogP contribution in [0.5, 0.6) is 0 Å². The lowest BCUT2D eigenvalue weighted by Crippen LogP contribution is -2.45. The van der Waals surface area contributed by atoms with Crippen LogP contribution in [0.3, 0.4) is 0 Å². The molecular formula is C22H24ClN3O. The van der Waals surface area contributed by atoms with Crippen LogP contribution in [-0.4, -0.2) is 34.5 Å². The molecule has 4 rings (SSSR count). The van der Waals surface area contributed by atoms with Gasteiger partial charge in [0.25, 0.3) is 0 Å². The van der Waals surface area contributed by atoms with Crippen molar-refractivity contribution in [3.05, 3.63) is 71.4 Å². The van der Waals surface area contributed by atoms with Crippen LogP contribution in [-0.2, 0) is 17.9 Å². The molecule has 0 spiro atoms. The third-order valence-corrected chi connectivity index (χ3v) is 5.48. The Morgan fingerprint density at radius 2 is 1.85 bits per heavy atom. The third kappa shape index (κ3) is 4.52. The molecule has 0 radical (unpaired) electrons. The normalized spacial score (nSPS) is 15.9. The highest BCUT2D eigenvalue weighted by Crippen LogP contribution is 2.20. The minimum Gasteiger partial charge on any atom is -0.352 e. The van der Waals surface area contributed by atoms with E-state index in [2.05, 4.69) is 34.5 Å². The Balaban J connectivity index is 1.28. The van der Waals surface area contributed by atoms with Gasteiger partial charge in [0.1, 0.15) is 6.54 Å². The average Bonchev–Trinajstić information content (AvgIpc) is 3.06. The number of halogens is 1. The molecule has 0 saturated carbocycles. The van der Waals surface area contributed by atoms with E-state index in [1.165, 1.54) is 5.56 Å². The molecule has 1 aliphatic heterocycles. The number of carbonyl (C=O) groups excluding carboxylic acids is 1. The number of fused-ring (bicyclic) bond motifs is 1. The summed E-state index contributed by atoms with van der Waals surface area (Å²) in [6.07, 6.45) is 3.95. The second-order valence-electron chi connectivity index (χ2n) is 7.25. The largest absolute Gasteiger partial charge is 0.352 e. The van der Waals surface area contributed by atoms with E-state index in [1.54, 1.807) is 0 Å². The number of amides is 1. The van der Waals surface area contributed by atoms with Gasteiger partial charge in [-0.15, -0.1) is 0 Å². The SMILES string of the molecule is O=C(Cn1ccc2cc(Cl)ccc21)NC1CCN(Cc2ccccc2)CC1. The number of likely N-dealkylation sites (tertiary alicyclic amines) is 1. The Bertz CT molecular complexity index is 914. The van der Waals surface area contributed by atoms with Crippen molar-refractivity contribution in [1.29, 1.82) is 0 Å². The zero-order valence-electron chi connectivity index (χ0n) is 15.3. The molecule has 140 valence electrons. The fourth-order valence-corrected chi connectivity index (χ4v) is 3.99. The van der Waals surface area contributed by atoms with Crippen LogP contribution < -0.4 is 5.32 Å². The Kier molecular flexibility index (Phi) is 5.46. The molecule has 1 aliphatic rings. The number of aromatic nitrogens is 1. The van der Waals surface area contributed by atoms with E-state index in [-0.39, 0.29) is 11.9 Å². The quantitative estimate of drug-likeness (QED) is 0.723. The molecule has 3 aromatic rings. The summed E-state index contributed by atoms with van der Waals surface area (Å²) in [5, 5.41) is 4.98. The Morgan fingerprint density at radius 1 is 1.07 bits per heavy atom. The molecule has 0 atom stereocenters. The molecular weight excluding hydrogens is 358 g/mol. The first-order chi connectivity index (χ1) is 13.2. The minimum atomic E-state index is 0.0731. The molecule has 1 saturated heterocycles. The minimum absolute atomic E-state index is 0.0731. The predicted molar refractivity (Wildman–Crippen MR) is 110 cm³/mol. The fourth-order valence-electron chi connectivity index (χ4n) is 3.81. The highest BCUT2D eigenvalue weighted by molar-refractivity contribution is 6.31. The van der Waals surface area contributed by atoms with Crippen LogP contribution in [0.1, 0.15) is 18.4 Å². The van der Waals surface area contributed by atoms with Crippen molar-refractivity contribution in [1.82, 2.24) is 14.8 Å². The summed E-state index contributed by atoms with van der Waals surface area (Å²) in [6, 6.07) is 18.6. The Hall–Kier alpha value is -2.30. The molecule has 1 N–H and O–H groups in total. The van der Waals surface area contributed by atoms with Gasteiger partial charge in [-0.3, -0.25) is 9.69 Å². The number of benzene rings is 2. The molecule has 0 unspecified atom stereocenters. The van der Waals surface area contributed by atoms with Gasteiger partial charge < -0.3 is 9.88 Å². The van der Waals surface area contributed by atoms with Crippen LogP contribution in [0.4, 0.5) is 0 Å². The highest BCUT2D eigenvalue weighted by Gasteiger charge is 2.21. The molecule has 5 heteroatoms. The maximum absolute atomic E-state index is 12.5. The number of hydrogen-bond donors (Lipinski definition) is 1. The number of piperidine rings is 1. The summed E-state index contributed by atoms with van der Waals surface area (Å²) in [5.41, 5.74) is 2.38. The smallest absolute Gasteiger partial charge is 0.240 e. The monoisotopic (exact) mass is 381 g/mol. The van der Waals surface area contributed by atoms with Gasteiger partial charge in [-0.05, 0) is 42.7 Å². The van der Waals surface area contributed by atoms with Gasteiger partial charge in [0.05, 0.1) is 0 Å². The molecule has 1 aromatic heterocycles. The summed E-state index contributed by atoms with van der Waals surface area (Å²) in [7, 11) is 0. The average molecular weight is 382 g/mol. The van der Waals surface area contributed by atoms with Gasteiger partial charge in [-0.1, -0.05) is 41.9 Å². The molecule has 27 heavy (non-hydrogen) atoms. The van der Waals surface area contributed by atoms with E-state index in [0.29, 0.717) is 11.6 Å². The molecule has 1 amide bonds. The van der Waals surface area contributed by atoms with Crippen molar-refractivity contribution in [3.8, 4) is 0 Å². The van der Waals surface area contributed by atoms with E-state index < -0.39 is 0 Å². The standard InChI is InChI=1S/C22H24ClN3O/c23-19-6-7-21-18(14-19)8-13-26(21)16-22(27)24-20-9-11-25(12-10-20)15-17-4-2-1-3-5-17/h1-8,13-14,20H,9-12,15-16H2,(H,24,27). The van der Waals surface area contributed by atoms with Crippen molar-refractivity contribution < 1.29 is 4.79 Å². The van der Waals surface area contributed by atoms with Crippen LogP contribution in [0.25, 0.3) is 10.9 Å². The van der Waals surface area contributed by atoms with Gasteiger partial charge in [-0.25, -0.2) is 0 Å². The van der Waals surface area contributed by atoms with E-state index in [1.807, 2.05) is 41.1 Å². The zero-order valence-corrected chi connectivity index (χ0v) is 16.0. The first-order valence-electron chi connectivity index (χ1n) is 9.47. The van der Waals surface area contributed by atoms with Crippen LogP contribution in [0, 0.1) is 0 Å². The number of carbonyl (C=O) groups is 1. The number of hydrogen-bond acceptors (Lipinski definition) is 2. The molecule has 4 nitrogen and oxygen atoms in total. The maximum Gasteiger partial charge on any atom is 0.240 e. The van der Waals surface area contributed by atoms with E-state index in [9.17, 15) is 4.79 Å². The number of rotatable bonds is 5. The van der Waals surface area contributed by atoms with Crippen LogP contribution in [0.15, 0.2) is 60.8 Å². The van der Waals surface area contributed by atoms with Crippen molar-refractivity contribution in [2.45, 2.75) is 32.0 Å². The first kappa shape index (κ1) is 18.1. The lowest BCUT2D eigenvalue weighted by molar-refractivity contribution is -0.122. The third-order valence-electron chi connectivity index (χ3n) is 5.25.